The number of benzene rings is 2. The zero-order valence-corrected chi connectivity index (χ0v) is 15.1. The van der Waals surface area contributed by atoms with Gasteiger partial charge in [-0.2, -0.15) is 0 Å². The van der Waals surface area contributed by atoms with Crippen molar-refractivity contribution in [2.75, 3.05) is 0 Å². The molecule has 1 aliphatic carbocycles. The van der Waals surface area contributed by atoms with Gasteiger partial charge in [0.2, 0.25) is 0 Å². The zero-order valence-electron chi connectivity index (χ0n) is 15.1. The maximum atomic E-state index is 13.3. The summed E-state index contributed by atoms with van der Waals surface area (Å²) in [6.45, 7) is 2.37. The first-order chi connectivity index (χ1) is 12.1. The molecule has 0 amide bonds. The standard InChI is InChI=1S/C23H28F2/c1-17-6-8-18(9-7-17)4-2-3-5-19-10-12-20(13-11-19)21-14-22(24)16-23(25)15-21/h10-18H,2-9H2,1H3. The van der Waals surface area contributed by atoms with Crippen LogP contribution in [0, 0.1) is 23.5 Å². The van der Waals surface area contributed by atoms with E-state index in [0.717, 1.165) is 29.9 Å². The van der Waals surface area contributed by atoms with Crippen LogP contribution in [-0.2, 0) is 6.42 Å². The number of hydrogen-bond donors (Lipinski definition) is 0. The van der Waals surface area contributed by atoms with E-state index >= 15 is 0 Å². The molecule has 2 aromatic rings. The van der Waals surface area contributed by atoms with Gasteiger partial charge in [0.05, 0.1) is 0 Å². The topological polar surface area (TPSA) is 0 Å². The highest BCUT2D eigenvalue weighted by Crippen LogP contribution is 2.31. The van der Waals surface area contributed by atoms with E-state index in [2.05, 4.69) is 19.1 Å². The molecule has 0 N–H and O–H groups in total. The Balaban J connectivity index is 1.46. The molecule has 0 spiro atoms. The van der Waals surface area contributed by atoms with Crippen LogP contribution >= 0.6 is 0 Å². The van der Waals surface area contributed by atoms with Crippen molar-refractivity contribution in [3.63, 3.8) is 0 Å². The largest absolute Gasteiger partial charge is 0.207 e. The molecule has 0 radical (unpaired) electrons. The van der Waals surface area contributed by atoms with Crippen LogP contribution in [0.3, 0.4) is 0 Å². The highest BCUT2D eigenvalue weighted by Gasteiger charge is 2.17. The zero-order chi connectivity index (χ0) is 17.6. The lowest BCUT2D eigenvalue weighted by atomic mass is 9.80. The quantitative estimate of drug-likeness (QED) is 0.488. The monoisotopic (exact) mass is 342 g/mol. The van der Waals surface area contributed by atoms with Crippen molar-refractivity contribution in [3.05, 3.63) is 59.7 Å². The predicted molar refractivity (Wildman–Crippen MR) is 100 cm³/mol. The van der Waals surface area contributed by atoms with E-state index in [-0.39, 0.29) is 0 Å². The predicted octanol–water partition coefficient (Wildman–Crippen LogP) is 7.17. The van der Waals surface area contributed by atoms with Gasteiger partial charge in [0.1, 0.15) is 11.6 Å². The van der Waals surface area contributed by atoms with E-state index in [1.54, 1.807) is 0 Å². The van der Waals surface area contributed by atoms with E-state index < -0.39 is 11.6 Å². The van der Waals surface area contributed by atoms with Crippen LogP contribution in [0.25, 0.3) is 11.1 Å². The molecule has 134 valence electrons. The second kappa shape index (κ2) is 8.60. The van der Waals surface area contributed by atoms with E-state index in [1.807, 2.05) is 12.1 Å². The van der Waals surface area contributed by atoms with Crippen LogP contribution in [0.5, 0.6) is 0 Å². The third-order valence-corrected chi connectivity index (χ3v) is 5.61. The molecule has 0 heterocycles. The lowest BCUT2D eigenvalue weighted by molar-refractivity contribution is 0.272. The second-order valence-corrected chi connectivity index (χ2v) is 7.73. The van der Waals surface area contributed by atoms with Crippen molar-refractivity contribution in [1.29, 1.82) is 0 Å². The fraction of sp³-hybridized carbons (Fsp3) is 0.478. The van der Waals surface area contributed by atoms with Gasteiger partial charge in [0.15, 0.2) is 0 Å². The summed E-state index contributed by atoms with van der Waals surface area (Å²) in [5.41, 5.74) is 2.76. The Bertz CT molecular complexity index is 647. The number of hydrogen-bond acceptors (Lipinski definition) is 0. The van der Waals surface area contributed by atoms with Crippen molar-refractivity contribution >= 4 is 0 Å². The molecule has 0 unspecified atom stereocenters. The van der Waals surface area contributed by atoms with Gasteiger partial charge in [-0.25, -0.2) is 8.78 Å². The highest BCUT2D eigenvalue weighted by atomic mass is 19.1. The molecule has 1 fully saturated rings. The smallest absolute Gasteiger partial charge is 0.126 e. The molecule has 2 aromatic carbocycles. The Morgan fingerprint density at radius 2 is 1.44 bits per heavy atom. The highest BCUT2D eigenvalue weighted by molar-refractivity contribution is 5.63. The lowest BCUT2D eigenvalue weighted by Crippen LogP contribution is -2.12. The number of halogens is 2. The van der Waals surface area contributed by atoms with Crippen LogP contribution in [0.4, 0.5) is 8.78 Å². The van der Waals surface area contributed by atoms with Gasteiger partial charge in [0, 0.05) is 6.07 Å². The van der Waals surface area contributed by atoms with Gasteiger partial charge < -0.3 is 0 Å². The minimum Gasteiger partial charge on any atom is -0.207 e. The van der Waals surface area contributed by atoms with Gasteiger partial charge in [-0.1, -0.05) is 69.7 Å². The fourth-order valence-corrected chi connectivity index (χ4v) is 3.96. The summed E-state index contributed by atoms with van der Waals surface area (Å²) in [4.78, 5) is 0. The van der Waals surface area contributed by atoms with E-state index in [9.17, 15) is 8.78 Å². The van der Waals surface area contributed by atoms with Crippen LogP contribution in [0.1, 0.15) is 57.4 Å². The molecule has 0 bridgehead atoms. The van der Waals surface area contributed by atoms with Crippen molar-refractivity contribution in [2.45, 2.75) is 58.3 Å². The summed E-state index contributed by atoms with van der Waals surface area (Å²) in [5, 5.41) is 0. The summed E-state index contributed by atoms with van der Waals surface area (Å²) in [6, 6.07) is 11.8. The van der Waals surface area contributed by atoms with Gasteiger partial charge in [-0.05, 0) is 53.5 Å². The third kappa shape index (κ3) is 5.39. The molecule has 0 atom stereocenters. The molecule has 0 aromatic heterocycles. The first-order valence-corrected chi connectivity index (χ1v) is 9.65. The molecular weight excluding hydrogens is 314 g/mol. The summed E-state index contributed by atoms with van der Waals surface area (Å²) in [5.74, 6) is 0.815. The molecule has 1 aliphatic rings. The first kappa shape index (κ1) is 18.1. The number of unbranched alkanes of at least 4 members (excludes halogenated alkanes) is 1. The molecular formula is C23H28F2. The summed E-state index contributed by atoms with van der Waals surface area (Å²) >= 11 is 0. The molecule has 0 saturated heterocycles. The lowest BCUT2D eigenvalue weighted by Gasteiger charge is -2.26. The summed E-state index contributed by atoms with van der Waals surface area (Å²) < 4.78 is 26.7. The van der Waals surface area contributed by atoms with Crippen molar-refractivity contribution in [1.82, 2.24) is 0 Å². The third-order valence-electron chi connectivity index (χ3n) is 5.61. The minimum absolute atomic E-state index is 0.531. The Hall–Kier alpha value is -1.70. The summed E-state index contributed by atoms with van der Waals surface area (Å²) in [6.07, 6.45) is 10.6. The fourth-order valence-electron chi connectivity index (χ4n) is 3.96. The van der Waals surface area contributed by atoms with Crippen molar-refractivity contribution in [3.8, 4) is 11.1 Å². The molecule has 1 saturated carbocycles. The van der Waals surface area contributed by atoms with Crippen molar-refractivity contribution in [2.24, 2.45) is 11.8 Å². The average molecular weight is 342 g/mol. The number of aryl methyl sites for hydroxylation is 1. The van der Waals surface area contributed by atoms with E-state index in [4.69, 9.17) is 0 Å². The Labute approximate surface area is 150 Å². The second-order valence-electron chi connectivity index (χ2n) is 7.73. The Morgan fingerprint density at radius 1 is 0.800 bits per heavy atom. The van der Waals surface area contributed by atoms with Crippen LogP contribution in [0.2, 0.25) is 0 Å². The molecule has 0 nitrogen and oxygen atoms in total. The maximum absolute atomic E-state index is 13.3. The first-order valence-electron chi connectivity index (χ1n) is 9.65. The molecule has 3 rings (SSSR count). The van der Waals surface area contributed by atoms with Gasteiger partial charge in [-0.15, -0.1) is 0 Å². The van der Waals surface area contributed by atoms with E-state index in [1.165, 1.54) is 62.6 Å². The number of rotatable bonds is 6. The van der Waals surface area contributed by atoms with Crippen LogP contribution in [-0.4, -0.2) is 0 Å². The van der Waals surface area contributed by atoms with E-state index in [0.29, 0.717) is 5.56 Å². The van der Waals surface area contributed by atoms with Crippen molar-refractivity contribution < 1.29 is 8.78 Å². The molecule has 2 heteroatoms. The van der Waals surface area contributed by atoms with Gasteiger partial charge in [0.25, 0.3) is 0 Å². The van der Waals surface area contributed by atoms with Crippen LogP contribution < -0.4 is 0 Å². The summed E-state index contributed by atoms with van der Waals surface area (Å²) in [7, 11) is 0. The minimum atomic E-state index is -0.531. The average Bonchev–Trinajstić information content (AvgIpc) is 2.60. The molecule has 25 heavy (non-hydrogen) atoms. The van der Waals surface area contributed by atoms with Crippen LogP contribution in [0.15, 0.2) is 42.5 Å². The Kier molecular flexibility index (Phi) is 6.23. The SMILES string of the molecule is CC1CCC(CCCCc2ccc(-c3cc(F)cc(F)c3)cc2)CC1. The maximum Gasteiger partial charge on any atom is 0.126 e. The molecule has 0 aliphatic heterocycles. The Morgan fingerprint density at radius 3 is 2.08 bits per heavy atom. The van der Waals surface area contributed by atoms with Gasteiger partial charge in [-0.3, -0.25) is 0 Å². The van der Waals surface area contributed by atoms with Gasteiger partial charge >= 0.3 is 0 Å². The normalized spacial score (nSPS) is 20.6.